The van der Waals surface area contributed by atoms with Crippen molar-refractivity contribution in [2.45, 2.75) is 64.5 Å². The highest BCUT2D eigenvalue weighted by Crippen LogP contribution is 2.23. The van der Waals surface area contributed by atoms with Crippen molar-refractivity contribution in [2.24, 2.45) is 10.9 Å². The molecule has 1 aromatic heterocycles. The lowest BCUT2D eigenvalue weighted by molar-refractivity contribution is 0.181. The molecule has 2 aliphatic rings. The molecule has 0 saturated carbocycles. The highest BCUT2D eigenvalue weighted by Gasteiger charge is 2.24. The minimum atomic E-state index is 0.188. The quantitative estimate of drug-likeness (QED) is 0.377. The fourth-order valence-corrected chi connectivity index (χ4v) is 4.99. The highest BCUT2D eigenvalue weighted by atomic mass is 15.4. The molecule has 2 N–H and O–H groups in total. The lowest BCUT2D eigenvalue weighted by Gasteiger charge is -2.32. The number of hydrogen-bond acceptors (Lipinski definition) is 4. The number of unbranched alkanes of at least 4 members (excludes halogenated alkanes) is 1. The van der Waals surface area contributed by atoms with E-state index in [2.05, 4.69) is 60.9 Å². The van der Waals surface area contributed by atoms with Gasteiger partial charge in [-0.05, 0) is 83.0 Å². The molecule has 1 unspecified atom stereocenters. The van der Waals surface area contributed by atoms with Crippen LogP contribution < -0.4 is 10.6 Å². The van der Waals surface area contributed by atoms with Gasteiger partial charge in [0.25, 0.3) is 0 Å². The lowest BCUT2D eigenvalue weighted by atomic mass is 9.90. The van der Waals surface area contributed by atoms with E-state index >= 15 is 0 Å². The van der Waals surface area contributed by atoms with Crippen molar-refractivity contribution in [3.63, 3.8) is 0 Å². The van der Waals surface area contributed by atoms with E-state index in [1.165, 1.54) is 50.9 Å². The molecule has 174 valence electrons. The summed E-state index contributed by atoms with van der Waals surface area (Å²) in [4.78, 5) is 11.7. The van der Waals surface area contributed by atoms with Crippen LogP contribution in [0.1, 0.15) is 61.8 Å². The molecule has 2 aromatic rings. The van der Waals surface area contributed by atoms with Gasteiger partial charge in [-0.2, -0.15) is 5.10 Å². The van der Waals surface area contributed by atoms with Crippen LogP contribution >= 0.6 is 0 Å². The summed E-state index contributed by atoms with van der Waals surface area (Å²) in [5, 5.41) is 11.5. The minimum Gasteiger partial charge on any atom is -0.356 e. The summed E-state index contributed by atoms with van der Waals surface area (Å²) < 4.78 is 2.03. The summed E-state index contributed by atoms with van der Waals surface area (Å²) in [6.45, 7) is 7.57. The molecule has 2 aliphatic heterocycles. The van der Waals surface area contributed by atoms with Crippen molar-refractivity contribution in [1.29, 1.82) is 0 Å². The van der Waals surface area contributed by atoms with Crippen LogP contribution in [0.25, 0.3) is 0 Å². The number of fused-ring (bicyclic) bond motifs is 1. The normalized spacial score (nSPS) is 20.2. The molecule has 0 bridgehead atoms. The maximum absolute atomic E-state index is 4.61. The number of nitrogens with zero attached hydrogens (tertiary/aromatic N) is 5. The van der Waals surface area contributed by atoms with Crippen LogP contribution in [-0.4, -0.2) is 58.9 Å². The monoisotopic (exact) mass is 437 g/mol. The SMILES string of the molecule is CN=C(NCCCCN1CCC(Cc2ccccc2)CC1)NC1CCCn2nc(C)nc21. The Bertz CT molecular complexity index is 852. The van der Waals surface area contributed by atoms with Crippen molar-refractivity contribution in [3.05, 3.63) is 47.5 Å². The summed E-state index contributed by atoms with van der Waals surface area (Å²) in [6.07, 6.45) is 8.46. The van der Waals surface area contributed by atoms with E-state index in [-0.39, 0.29) is 6.04 Å². The summed E-state index contributed by atoms with van der Waals surface area (Å²) in [5.41, 5.74) is 1.49. The largest absolute Gasteiger partial charge is 0.356 e. The number of nitrogens with one attached hydrogen (secondary N) is 2. The van der Waals surface area contributed by atoms with E-state index in [0.717, 1.165) is 55.9 Å². The first-order valence-electron chi connectivity index (χ1n) is 12.4. The predicted molar refractivity (Wildman–Crippen MR) is 130 cm³/mol. The second-order valence-corrected chi connectivity index (χ2v) is 9.26. The van der Waals surface area contributed by atoms with Gasteiger partial charge in [-0.1, -0.05) is 30.3 Å². The van der Waals surface area contributed by atoms with Crippen LogP contribution in [0.5, 0.6) is 0 Å². The number of aryl methyl sites for hydroxylation is 2. The Kier molecular flexibility index (Phi) is 8.15. The van der Waals surface area contributed by atoms with Gasteiger partial charge in [0.1, 0.15) is 11.6 Å². The number of hydrogen-bond donors (Lipinski definition) is 2. The maximum Gasteiger partial charge on any atom is 0.191 e. The molecule has 7 nitrogen and oxygen atoms in total. The Morgan fingerprint density at radius 2 is 1.91 bits per heavy atom. The average molecular weight is 438 g/mol. The van der Waals surface area contributed by atoms with Crippen LogP contribution in [0.15, 0.2) is 35.3 Å². The van der Waals surface area contributed by atoms with Crippen LogP contribution in [0, 0.1) is 12.8 Å². The number of aliphatic imine (C=N–C) groups is 1. The first-order valence-corrected chi connectivity index (χ1v) is 12.4. The molecule has 0 spiro atoms. The van der Waals surface area contributed by atoms with Crippen LogP contribution in [0.2, 0.25) is 0 Å². The molecule has 32 heavy (non-hydrogen) atoms. The zero-order valence-electron chi connectivity index (χ0n) is 19.8. The number of benzene rings is 1. The topological polar surface area (TPSA) is 70.4 Å². The van der Waals surface area contributed by atoms with Gasteiger partial charge >= 0.3 is 0 Å². The van der Waals surface area contributed by atoms with Crippen LogP contribution in [0.3, 0.4) is 0 Å². The zero-order valence-corrected chi connectivity index (χ0v) is 19.8. The molecule has 1 aromatic carbocycles. The second kappa shape index (κ2) is 11.5. The summed E-state index contributed by atoms with van der Waals surface area (Å²) in [6, 6.07) is 11.1. The lowest BCUT2D eigenvalue weighted by Crippen LogP contribution is -2.42. The van der Waals surface area contributed by atoms with E-state index in [0.29, 0.717) is 0 Å². The van der Waals surface area contributed by atoms with Gasteiger partial charge in [-0.25, -0.2) is 9.67 Å². The van der Waals surface area contributed by atoms with E-state index in [1.807, 2.05) is 18.7 Å². The van der Waals surface area contributed by atoms with Crippen molar-refractivity contribution < 1.29 is 0 Å². The van der Waals surface area contributed by atoms with Gasteiger partial charge in [0.2, 0.25) is 0 Å². The Labute approximate surface area is 192 Å². The highest BCUT2D eigenvalue weighted by molar-refractivity contribution is 5.80. The van der Waals surface area contributed by atoms with Crippen molar-refractivity contribution in [1.82, 2.24) is 30.3 Å². The summed E-state index contributed by atoms with van der Waals surface area (Å²) >= 11 is 0. The minimum absolute atomic E-state index is 0.188. The molecule has 4 rings (SSSR count). The van der Waals surface area contributed by atoms with Gasteiger partial charge < -0.3 is 15.5 Å². The molecule has 3 heterocycles. The smallest absolute Gasteiger partial charge is 0.191 e. The standard InChI is InChI=1S/C25H39N7/c1-20-28-24-23(11-8-16-32(24)30-20)29-25(26-2)27-14-6-7-15-31-17-12-22(13-18-31)19-21-9-4-3-5-10-21/h3-5,9-10,22-23H,6-8,11-19H2,1-2H3,(H2,26,27,29). The molecular weight excluding hydrogens is 398 g/mol. The molecule has 0 radical (unpaired) electrons. The Balaban J connectivity index is 1.10. The van der Waals surface area contributed by atoms with Gasteiger partial charge in [-0.15, -0.1) is 0 Å². The van der Waals surface area contributed by atoms with Gasteiger partial charge in [-0.3, -0.25) is 4.99 Å². The number of guanidine groups is 1. The third-order valence-corrected chi connectivity index (χ3v) is 6.78. The van der Waals surface area contributed by atoms with E-state index < -0.39 is 0 Å². The van der Waals surface area contributed by atoms with Gasteiger partial charge in [0.05, 0.1) is 6.04 Å². The number of aromatic nitrogens is 3. The number of likely N-dealkylation sites (tertiary alicyclic amines) is 1. The first kappa shape index (κ1) is 22.8. The molecule has 7 heteroatoms. The van der Waals surface area contributed by atoms with Gasteiger partial charge in [0, 0.05) is 20.1 Å². The molecule has 0 amide bonds. The van der Waals surface area contributed by atoms with Gasteiger partial charge in [0.15, 0.2) is 5.96 Å². The summed E-state index contributed by atoms with van der Waals surface area (Å²) in [5.74, 6) is 3.60. The first-order chi connectivity index (χ1) is 15.7. The van der Waals surface area contributed by atoms with Crippen molar-refractivity contribution >= 4 is 5.96 Å². The molecule has 1 saturated heterocycles. The fourth-order valence-electron chi connectivity index (χ4n) is 4.99. The molecule has 1 fully saturated rings. The molecular formula is C25H39N7. The van der Waals surface area contributed by atoms with Crippen molar-refractivity contribution in [2.75, 3.05) is 33.2 Å². The Hall–Kier alpha value is -2.41. The third kappa shape index (κ3) is 6.31. The fraction of sp³-hybridized carbons (Fsp3) is 0.640. The predicted octanol–water partition coefficient (Wildman–Crippen LogP) is 3.32. The molecule has 1 atom stereocenters. The number of rotatable bonds is 8. The van der Waals surface area contributed by atoms with E-state index in [1.54, 1.807) is 0 Å². The van der Waals surface area contributed by atoms with Crippen LogP contribution in [0.4, 0.5) is 0 Å². The maximum atomic E-state index is 4.61. The second-order valence-electron chi connectivity index (χ2n) is 9.26. The van der Waals surface area contributed by atoms with Crippen LogP contribution in [-0.2, 0) is 13.0 Å². The third-order valence-electron chi connectivity index (χ3n) is 6.78. The Morgan fingerprint density at radius 3 is 2.69 bits per heavy atom. The van der Waals surface area contributed by atoms with E-state index in [4.69, 9.17) is 0 Å². The number of piperidine rings is 1. The zero-order chi connectivity index (χ0) is 22.2. The summed E-state index contributed by atoms with van der Waals surface area (Å²) in [7, 11) is 1.84. The molecule has 0 aliphatic carbocycles. The average Bonchev–Trinajstić information content (AvgIpc) is 3.21. The Morgan fingerprint density at radius 1 is 1.09 bits per heavy atom. The van der Waals surface area contributed by atoms with E-state index in [9.17, 15) is 0 Å². The van der Waals surface area contributed by atoms with Crippen molar-refractivity contribution in [3.8, 4) is 0 Å².